The van der Waals surface area contributed by atoms with Gasteiger partial charge in [0.1, 0.15) is 0 Å². The van der Waals surface area contributed by atoms with Crippen molar-refractivity contribution in [2.75, 3.05) is 32.8 Å². The summed E-state index contributed by atoms with van der Waals surface area (Å²) in [6.07, 6.45) is 1.00. The highest BCUT2D eigenvalue weighted by Crippen LogP contribution is 2.14. The number of aromatic nitrogens is 1. The summed E-state index contributed by atoms with van der Waals surface area (Å²) >= 11 is 1.72. The van der Waals surface area contributed by atoms with Gasteiger partial charge in [-0.15, -0.1) is 11.3 Å². The van der Waals surface area contributed by atoms with E-state index in [1.807, 2.05) is 6.92 Å². The van der Waals surface area contributed by atoms with Crippen molar-refractivity contribution in [1.29, 1.82) is 0 Å². The van der Waals surface area contributed by atoms with Gasteiger partial charge >= 0.3 is 0 Å². The first kappa shape index (κ1) is 13.0. The number of nitrogens with one attached hydrogen (secondary N) is 2. The van der Waals surface area contributed by atoms with Crippen molar-refractivity contribution in [3.05, 3.63) is 16.1 Å². The lowest BCUT2D eigenvalue weighted by molar-refractivity contribution is -0.0647. The minimum atomic E-state index is 0.0771. The molecule has 2 N–H and O–H groups in total. The van der Waals surface area contributed by atoms with Crippen LogP contribution in [0, 0.1) is 6.92 Å². The predicted octanol–water partition coefficient (Wildman–Crippen LogP) is 0.962. The molecule has 1 aromatic rings. The predicted molar refractivity (Wildman–Crippen MR) is 70.7 cm³/mol. The van der Waals surface area contributed by atoms with Crippen LogP contribution in [0.1, 0.15) is 17.6 Å². The smallest absolute Gasteiger partial charge is 0.0902 e. The normalized spacial score (nSPS) is 18.0. The Balaban J connectivity index is 1.49. The monoisotopic (exact) mass is 255 g/mol. The Morgan fingerprint density at radius 1 is 1.53 bits per heavy atom. The summed E-state index contributed by atoms with van der Waals surface area (Å²) < 4.78 is 5.78. The zero-order chi connectivity index (χ0) is 12.1. The number of aryl methyl sites for hydroxylation is 1. The first-order chi connectivity index (χ1) is 8.18. The van der Waals surface area contributed by atoms with E-state index in [1.165, 1.54) is 5.69 Å². The van der Waals surface area contributed by atoms with Crippen LogP contribution >= 0.6 is 11.3 Å². The molecule has 1 aliphatic rings. The Hall–Kier alpha value is -0.490. The average Bonchev–Trinajstić information content (AvgIpc) is 2.67. The zero-order valence-electron chi connectivity index (χ0n) is 10.6. The van der Waals surface area contributed by atoms with E-state index in [1.54, 1.807) is 11.3 Å². The second kappa shape index (κ2) is 5.91. The Morgan fingerprint density at radius 3 is 2.94 bits per heavy atom. The lowest BCUT2D eigenvalue weighted by Crippen LogP contribution is -2.59. The minimum absolute atomic E-state index is 0.0771. The van der Waals surface area contributed by atoms with Gasteiger partial charge in [-0.25, -0.2) is 4.98 Å². The maximum absolute atomic E-state index is 5.78. The molecule has 0 spiro atoms. The molecule has 4 nitrogen and oxygen atoms in total. The van der Waals surface area contributed by atoms with Crippen LogP contribution in [0.3, 0.4) is 0 Å². The van der Waals surface area contributed by atoms with Crippen molar-refractivity contribution in [2.24, 2.45) is 0 Å². The van der Waals surface area contributed by atoms with Gasteiger partial charge in [-0.05, 0) is 13.8 Å². The van der Waals surface area contributed by atoms with E-state index < -0.39 is 0 Å². The molecule has 2 rings (SSSR count). The quantitative estimate of drug-likeness (QED) is 0.713. The molecule has 0 bridgehead atoms. The molecule has 1 saturated heterocycles. The second-order valence-electron chi connectivity index (χ2n) is 4.76. The first-order valence-corrected chi connectivity index (χ1v) is 7.02. The van der Waals surface area contributed by atoms with Gasteiger partial charge in [0.15, 0.2) is 0 Å². The number of hydrogen-bond acceptors (Lipinski definition) is 5. The maximum Gasteiger partial charge on any atom is 0.0902 e. The third-order valence-electron chi connectivity index (χ3n) is 2.95. The molecule has 0 amide bonds. The van der Waals surface area contributed by atoms with Crippen LogP contribution in [0.15, 0.2) is 5.38 Å². The lowest BCUT2D eigenvalue weighted by atomic mass is 10.0. The highest BCUT2D eigenvalue weighted by atomic mass is 32.1. The molecule has 2 heterocycles. The van der Waals surface area contributed by atoms with E-state index in [4.69, 9.17) is 4.74 Å². The number of thiazole rings is 1. The van der Waals surface area contributed by atoms with E-state index in [9.17, 15) is 0 Å². The van der Waals surface area contributed by atoms with Crippen LogP contribution < -0.4 is 10.6 Å². The van der Waals surface area contributed by atoms with E-state index in [-0.39, 0.29) is 5.60 Å². The Morgan fingerprint density at radius 2 is 2.35 bits per heavy atom. The summed E-state index contributed by atoms with van der Waals surface area (Å²) in [7, 11) is 0. The fourth-order valence-corrected chi connectivity index (χ4v) is 2.46. The molecule has 5 heteroatoms. The fraction of sp³-hybridized carbons (Fsp3) is 0.750. The second-order valence-corrected chi connectivity index (χ2v) is 5.82. The summed E-state index contributed by atoms with van der Waals surface area (Å²) in [4.78, 5) is 4.43. The number of ether oxygens (including phenoxy) is 1. The third kappa shape index (κ3) is 4.03. The van der Waals surface area contributed by atoms with Gasteiger partial charge in [-0.3, -0.25) is 0 Å². The van der Waals surface area contributed by atoms with E-state index in [0.717, 1.165) is 44.2 Å². The van der Waals surface area contributed by atoms with E-state index in [2.05, 4.69) is 27.9 Å². The minimum Gasteiger partial charge on any atom is -0.371 e. The molecule has 1 aromatic heterocycles. The van der Waals surface area contributed by atoms with Crippen LogP contribution in [0.2, 0.25) is 0 Å². The number of rotatable bonds is 7. The molecule has 0 aromatic carbocycles. The molecule has 0 unspecified atom stereocenters. The van der Waals surface area contributed by atoms with Gasteiger partial charge in [-0.1, -0.05) is 0 Å². The van der Waals surface area contributed by atoms with E-state index >= 15 is 0 Å². The standard InChI is InChI=1S/C12H21N3OS/c1-10-15-11(7-17-10)3-4-13-5-6-16-12(2)8-14-9-12/h7,13-14H,3-6,8-9H2,1-2H3. The first-order valence-electron chi connectivity index (χ1n) is 6.14. The fourth-order valence-electron chi connectivity index (χ4n) is 1.81. The van der Waals surface area contributed by atoms with Crippen molar-refractivity contribution in [1.82, 2.24) is 15.6 Å². The third-order valence-corrected chi connectivity index (χ3v) is 3.77. The van der Waals surface area contributed by atoms with Crippen LogP contribution in [-0.4, -0.2) is 43.4 Å². The summed E-state index contributed by atoms with van der Waals surface area (Å²) in [6, 6.07) is 0. The molecule has 0 atom stereocenters. The average molecular weight is 255 g/mol. The Bertz CT molecular complexity index is 349. The lowest BCUT2D eigenvalue weighted by Gasteiger charge is -2.39. The van der Waals surface area contributed by atoms with Crippen LogP contribution in [0.25, 0.3) is 0 Å². The van der Waals surface area contributed by atoms with Crippen LogP contribution in [0.4, 0.5) is 0 Å². The maximum atomic E-state index is 5.78. The molecule has 0 aliphatic carbocycles. The molecule has 96 valence electrons. The van der Waals surface area contributed by atoms with Gasteiger partial charge < -0.3 is 15.4 Å². The molecule has 1 aliphatic heterocycles. The molecule has 0 radical (unpaired) electrons. The molecule has 0 saturated carbocycles. The number of hydrogen-bond donors (Lipinski definition) is 2. The van der Waals surface area contributed by atoms with Crippen molar-refractivity contribution < 1.29 is 4.74 Å². The molecule has 1 fully saturated rings. The molecule has 17 heavy (non-hydrogen) atoms. The van der Waals surface area contributed by atoms with Crippen LogP contribution in [0.5, 0.6) is 0 Å². The van der Waals surface area contributed by atoms with Crippen molar-refractivity contribution in [2.45, 2.75) is 25.9 Å². The molecular weight excluding hydrogens is 234 g/mol. The zero-order valence-corrected chi connectivity index (χ0v) is 11.4. The summed E-state index contributed by atoms with van der Waals surface area (Å²) in [6.45, 7) is 8.83. The Labute approximate surface area is 107 Å². The van der Waals surface area contributed by atoms with E-state index in [0.29, 0.717) is 0 Å². The molecular formula is C12H21N3OS. The summed E-state index contributed by atoms with van der Waals surface area (Å²) in [5.74, 6) is 0. The van der Waals surface area contributed by atoms with Gasteiger partial charge in [-0.2, -0.15) is 0 Å². The Kier molecular flexibility index (Phi) is 4.50. The SMILES string of the molecule is Cc1nc(CCNCCOC2(C)CNC2)cs1. The summed E-state index contributed by atoms with van der Waals surface area (Å²) in [5, 5.41) is 9.89. The summed E-state index contributed by atoms with van der Waals surface area (Å²) in [5.41, 5.74) is 1.27. The largest absolute Gasteiger partial charge is 0.371 e. The van der Waals surface area contributed by atoms with Crippen molar-refractivity contribution in [3.63, 3.8) is 0 Å². The number of nitrogens with zero attached hydrogens (tertiary/aromatic N) is 1. The van der Waals surface area contributed by atoms with Crippen LogP contribution in [-0.2, 0) is 11.2 Å². The van der Waals surface area contributed by atoms with Gasteiger partial charge in [0.2, 0.25) is 0 Å². The highest BCUT2D eigenvalue weighted by molar-refractivity contribution is 7.09. The van der Waals surface area contributed by atoms with Gasteiger partial charge in [0, 0.05) is 38.0 Å². The van der Waals surface area contributed by atoms with Gasteiger partial charge in [0.05, 0.1) is 22.9 Å². The van der Waals surface area contributed by atoms with Gasteiger partial charge in [0.25, 0.3) is 0 Å². The van der Waals surface area contributed by atoms with Crippen molar-refractivity contribution in [3.8, 4) is 0 Å². The van der Waals surface area contributed by atoms with Crippen molar-refractivity contribution >= 4 is 11.3 Å². The highest BCUT2D eigenvalue weighted by Gasteiger charge is 2.31. The topological polar surface area (TPSA) is 46.2 Å².